The van der Waals surface area contributed by atoms with E-state index in [0.717, 1.165) is 24.1 Å². The van der Waals surface area contributed by atoms with Crippen LogP contribution in [0, 0.1) is 0 Å². The van der Waals surface area contributed by atoms with Crippen LogP contribution in [0.1, 0.15) is 31.2 Å². The molecule has 1 atom stereocenters. The Bertz CT molecular complexity index is 655. The number of carbonyl (C=O) groups excluding carboxylic acids is 1. The van der Waals surface area contributed by atoms with Gasteiger partial charge in [0, 0.05) is 11.8 Å². The van der Waals surface area contributed by atoms with Crippen molar-refractivity contribution in [2.24, 2.45) is 0 Å². The van der Waals surface area contributed by atoms with Crippen LogP contribution in [0.3, 0.4) is 0 Å². The Morgan fingerprint density at radius 1 is 1.14 bits per heavy atom. The van der Waals surface area contributed by atoms with E-state index < -0.39 is 0 Å². The van der Waals surface area contributed by atoms with Crippen LogP contribution in [0.5, 0.6) is 11.5 Å². The van der Waals surface area contributed by atoms with Crippen LogP contribution in [0.2, 0.25) is 0 Å². The van der Waals surface area contributed by atoms with Crippen LogP contribution in [-0.4, -0.2) is 12.7 Å². The van der Waals surface area contributed by atoms with E-state index in [0.29, 0.717) is 11.5 Å². The SMILES string of the molecule is CCC[C@@H](C(=O)Nc1ccc2c(c1)OCO2)c1ccccc1. The highest BCUT2D eigenvalue weighted by Crippen LogP contribution is 2.34. The first kappa shape index (κ1) is 14.4. The highest BCUT2D eigenvalue weighted by atomic mass is 16.7. The number of ether oxygens (including phenoxy) is 2. The molecule has 0 spiro atoms. The first-order valence-corrected chi connectivity index (χ1v) is 7.53. The molecular formula is C18H19NO3. The average molecular weight is 297 g/mol. The number of rotatable bonds is 5. The molecule has 1 amide bonds. The van der Waals surface area contributed by atoms with Gasteiger partial charge in [-0.05, 0) is 24.1 Å². The van der Waals surface area contributed by atoms with Crippen molar-refractivity contribution in [2.75, 3.05) is 12.1 Å². The number of fused-ring (bicyclic) bond motifs is 1. The molecule has 4 nitrogen and oxygen atoms in total. The van der Waals surface area contributed by atoms with Crippen LogP contribution in [0.15, 0.2) is 48.5 Å². The molecule has 2 aromatic carbocycles. The topological polar surface area (TPSA) is 47.6 Å². The third kappa shape index (κ3) is 3.06. The molecule has 0 aromatic heterocycles. The van der Waals surface area contributed by atoms with E-state index in [1.807, 2.05) is 42.5 Å². The standard InChI is InChI=1S/C18H19NO3/c1-2-6-15(13-7-4-3-5-8-13)18(20)19-14-9-10-16-17(11-14)22-12-21-16/h3-5,7-11,15H,2,6,12H2,1H3,(H,19,20)/t15-/m1/s1. The highest BCUT2D eigenvalue weighted by Gasteiger charge is 2.21. The third-order valence-corrected chi connectivity index (χ3v) is 3.74. The summed E-state index contributed by atoms with van der Waals surface area (Å²) in [6, 6.07) is 15.3. The van der Waals surface area contributed by atoms with E-state index in [-0.39, 0.29) is 18.6 Å². The van der Waals surface area contributed by atoms with Gasteiger partial charge in [0.15, 0.2) is 11.5 Å². The van der Waals surface area contributed by atoms with Crippen molar-refractivity contribution < 1.29 is 14.3 Å². The molecule has 0 unspecified atom stereocenters. The third-order valence-electron chi connectivity index (χ3n) is 3.74. The Morgan fingerprint density at radius 2 is 1.91 bits per heavy atom. The maximum atomic E-state index is 12.6. The number of carbonyl (C=O) groups is 1. The Balaban J connectivity index is 1.76. The molecule has 0 saturated heterocycles. The summed E-state index contributed by atoms with van der Waals surface area (Å²) in [5, 5.41) is 2.98. The van der Waals surface area contributed by atoms with Crippen molar-refractivity contribution in [1.82, 2.24) is 0 Å². The lowest BCUT2D eigenvalue weighted by Crippen LogP contribution is -2.21. The zero-order valence-electron chi connectivity index (χ0n) is 12.5. The van der Waals surface area contributed by atoms with Crippen molar-refractivity contribution in [3.63, 3.8) is 0 Å². The van der Waals surface area contributed by atoms with E-state index in [2.05, 4.69) is 12.2 Å². The first-order chi connectivity index (χ1) is 10.8. The van der Waals surface area contributed by atoms with Gasteiger partial charge < -0.3 is 14.8 Å². The molecule has 1 aliphatic rings. The summed E-state index contributed by atoms with van der Waals surface area (Å²) < 4.78 is 10.6. The van der Waals surface area contributed by atoms with Gasteiger partial charge in [0.1, 0.15) is 0 Å². The van der Waals surface area contributed by atoms with Gasteiger partial charge in [0.2, 0.25) is 12.7 Å². The number of hydrogen-bond acceptors (Lipinski definition) is 3. The van der Waals surface area contributed by atoms with Gasteiger partial charge in [-0.1, -0.05) is 43.7 Å². The minimum atomic E-state index is -0.142. The maximum absolute atomic E-state index is 12.6. The quantitative estimate of drug-likeness (QED) is 0.909. The normalized spacial score (nSPS) is 13.7. The summed E-state index contributed by atoms with van der Waals surface area (Å²) in [5.41, 5.74) is 1.77. The fourth-order valence-electron chi connectivity index (χ4n) is 2.63. The zero-order valence-corrected chi connectivity index (χ0v) is 12.5. The summed E-state index contributed by atoms with van der Waals surface area (Å²) in [5.74, 6) is 1.25. The van der Waals surface area contributed by atoms with Crippen LogP contribution in [-0.2, 0) is 4.79 Å². The van der Waals surface area contributed by atoms with Gasteiger partial charge in [-0.15, -0.1) is 0 Å². The summed E-state index contributed by atoms with van der Waals surface area (Å²) >= 11 is 0. The van der Waals surface area contributed by atoms with E-state index in [9.17, 15) is 4.79 Å². The molecular weight excluding hydrogens is 278 g/mol. The molecule has 0 saturated carbocycles. The number of hydrogen-bond donors (Lipinski definition) is 1. The molecule has 2 aromatic rings. The number of nitrogens with one attached hydrogen (secondary N) is 1. The van der Waals surface area contributed by atoms with E-state index in [1.165, 1.54) is 0 Å². The van der Waals surface area contributed by atoms with Gasteiger partial charge >= 0.3 is 0 Å². The van der Waals surface area contributed by atoms with E-state index >= 15 is 0 Å². The second-order valence-corrected chi connectivity index (χ2v) is 5.31. The predicted octanol–water partition coefficient (Wildman–Crippen LogP) is 3.94. The molecule has 0 radical (unpaired) electrons. The highest BCUT2D eigenvalue weighted by molar-refractivity contribution is 5.96. The van der Waals surface area contributed by atoms with Crippen LogP contribution >= 0.6 is 0 Å². The lowest BCUT2D eigenvalue weighted by Gasteiger charge is -2.16. The predicted molar refractivity (Wildman–Crippen MR) is 85.3 cm³/mol. The van der Waals surface area contributed by atoms with Gasteiger partial charge in [0.25, 0.3) is 0 Å². The summed E-state index contributed by atoms with van der Waals surface area (Å²) in [4.78, 5) is 12.6. The minimum Gasteiger partial charge on any atom is -0.454 e. The van der Waals surface area contributed by atoms with Crippen molar-refractivity contribution in [3.8, 4) is 11.5 Å². The fraction of sp³-hybridized carbons (Fsp3) is 0.278. The largest absolute Gasteiger partial charge is 0.454 e. The molecule has 114 valence electrons. The average Bonchev–Trinajstić information content (AvgIpc) is 3.01. The van der Waals surface area contributed by atoms with Crippen molar-refractivity contribution in [3.05, 3.63) is 54.1 Å². The van der Waals surface area contributed by atoms with Crippen molar-refractivity contribution in [1.29, 1.82) is 0 Å². The van der Waals surface area contributed by atoms with Crippen LogP contribution < -0.4 is 14.8 Å². The second kappa shape index (κ2) is 6.52. The summed E-state index contributed by atoms with van der Waals surface area (Å²) in [7, 11) is 0. The van der Waals surface area contributed by atoms with E-state index in [4.69, 9.17) is 9.47 Å². The Hall–Kier alpha value is -2.49. The van der Waals surface area contributed by atoms with E-state index in [1.54, 1.807) is 6.07 Å². The van der Waals surface area contributed by atoms with Gasteiger partial charge in [-0.3, -0.25) is 4.79 Å². The van der Waals surface area contributed by atoms with Gasteiger partial charge in [0.05, 0.1) is 5.92 Å². The molecule has 1 heterocycles. The van der Waals surface area contributed by atoms with Crippen LogP contribution in [0.4, 0.5) is 5.69 Å². The monoisotopic (exact) mass is 297 g/mol. The minimum absolute atomic E-state index is 0.00640. The van der Waals surface area contributed by atoms with Gasteiger partial charge in [-0.25, -0.2) is 0 Å². The fourth-order valence-corrected chi connectivity index (χ4v) is 2.63. The Labute approximate surface area is 130 Å². The first-order valence-electron chi connectivity index (χ1n) is 7.53. The smallest absolute Gasteiger partial charge is 0.231 e. The molecule has 0 bridgehead atoms. The molecule has 0 fully saturated rings. The molecule has 1 N–H and O–H groups in total. The summed E-state index contributed by atoms with van der Waals surface area (Å²) in [6.07, 6.45) is 1.77. The zero-order chi connectivity index (χ0) is 15.4. The molecule has 3 rings (SSSR count). The molecule has 4 heteroatoms. The lowest BCUT2D eigenvalue weighted by molar-refractivity contribution is -0.117. The van der Waals surface area contributed by atoms with Gasteiger partial charge in [-0.2, -0.15) is 0 Å². The van der Waals surface area contributed by atoms with Crippen molar-refractivity contribution >= 4 is 11.6 Å². The van der Waals surface area contributed by atoms with Crippen molar-refractivity contribution in [2.45, 2.75) is 25.7 Å². The number of anilines is 1. The van der Waals surface area contributed by atoms with Crippen LogP contribution in [0.25, 0.3) is 0 Å². The molecule has 0 aliphatic carbocycles. The molecule has 1 aliphatic heterocycles. The molecule has 22 heavy (non-hydrogen) atoms. The maximum Gasteiger partial charge on any atom is 0.231 e. The number of amides is 1. The summed E-state index contributed by atoms with van der Waals surface area (Å²) in [6.45, 7) is 2.32. The lowest BCUT2D eigenvalue weighted by atomic mass is 9.93. The second-order valence-electron chi connectivity index (χ2n) is 5.31. The Kier molecular flexibility index (Phi) is 4.28. The number of benzene rings is 2. The Morgan fingerprint density at radius 3 is 2.68 bits per heavy atom.